The molecule has 1 aliphatic carbocycles. The molecular weight excluding hydrogens is 392 g/mol. The summed E-state index contributed by atoms with van der Waals surface area (Å²) in [6.45, 7) is 0.544. The minimum Gasteiger partial charge on any atom is -0.354 e. The number of rotatable bonds is 5. The quantitative estimate of drug-likeness (QED) is 0.809. The highest BCUT2D eigenvalue weighted by atomic mass is 79.9. The number of thioether (sulfide) groups is 1. The summed E-state index contributed by atoms with van der Waals surface area (Å²) >= 11 is 4.44. The van der Waals surface area contributed by atoms with Gasteiger partial charge in [-0.25, -0.2) is 0 Å². The molecule has 0 aromatic heterocycles. The Bertz CT molecular complexity index is 640. The van der Waals surface area contributed by atoms with Crippen LogP contribution in [0.15, 0.2) is 28.7 Å². The maximum absolute atomic E-state index is 12.9. The maximum atomic E-state index is 12.9. The largest absolute Gasteiger partial charge is 0.354 e. The Morgan fingerprint density at radius 3 is 2.46 bits per heavy atom. The van der Waals surface area contributed by atoms with Gasteiger partial charge in [0.25, 0.3) is 5.24 Å². The monoisotopic (exact) mass is 410 g/mol. The van der Waals surface area contributed by atoms with E-state index in [0.29, 0.717) is 6.54 Å². The molecule has 7 heteroatoms. The smallest absolute Gasteiger partial charge is 0.288 e. The van der Waals surface area contributed by atoms with E-state index in [4.69, 9.17) is 0 Å². The van der Waals surface area contributed by atoms with E-state index < -0.39 is 5.41 Å². The standard InChI is InChI=1S/C17H19BrN2O3S/c18-13-5-3-12(4-6-13)17(7-1-2-8-17)15(22)19-9-10-20-14(21)11-24-16(20)23/h3-6H,1-2,7-11H2,(H,19,22). The zero-order valence-electron chi connectivity index (χ0n) is 13.2. The molecule has 0 radical (unpaired) electrons. The second-order valence-electron chi connectivity index (χ2n) is 6.15. The Balaban J connectivity index is 1.66. The number of amides is 3. The second-order valence-corrected chi connectivity index (χ2v) is 7.99. The van der Waals surface area contributed by atoms with Gasteiger partial charge in [0.05, 0.1) is 11.2 Å². The summed E-state index contributed by atoms with van der Waals surface area (Å²) in [5.74, 6) is 0.0205. The molecule has 0 atom stereocenters. The number of hydrogen-bond acceptors (Lipinski definition) is 4. The molecule has 0 bridgehead atoms. The fourth-order valence-corrected chi connectivity index (χ4v) is 4.46. The van der Waals surface area contributed by atoms with Gasteiger partial charge in [-0.1, -0.05) is 52.7 Å². The Kier molecular flexibility index (Phi) is 5.30. The van der Waals surface area contributed by atoms with Gasteiger partial charge in [-0.05, 0) is 30.5 Å². The predicted molar refractivity (Wildman–Crippen MR) is 96.9 cm³/mol. The summed E-state index contributed by atoms with van der Waals surface area (Å²) < 4.78 is 0.989. The van der Waals surface area contributed by atoms with Crippen molar-refractivity contribution in [3.63, 3.8) is 0 Å². The van der Waals surface area contributed by atoms with Gasteiger partial charge in [0.1, 0.15) is 0 Å². The molecule has 2 aliphatic rings. The minimum atomic E-state index is -0.492. The first-order valence-electron chi connectivity index (χ1n) is 8.04. The molecule has 2 fully saturated rings. The van der Waals surface area contributed by atoms with Crippen LogP contribution in [0.1, 0.15) is 31.2 Å². The zero-order chi connectivity index (χ0) is 17.2. The molecule has 128 valence electrons. The molecular formula is C17H19BrN2O3S. The molecule has 1 aromatic rings. The van der Waals surface area contributed by atoms with Crippen LogP contribution in [0.2, 0.25) is 0 Å². The van der Waals surface area contributed by atoms with Gasteiger partial charge < -0.3 is 5.32 Å². The van der Waals surface area contributed by atoms with Crippen LogP contribution in [-0.2, 0) is 15.0 Å². The molecule has 1 heterocycles. The van der Waals surface area contributed by atoms with E-state index in [2.05, 4.69) is 21.2 Å². The van der Waals surface area contributed by atoms with Gasteiger partial charge >= 0.3 is 0 Å². The van der Waals surface area contributed by atoms with Gasteiger partial charge in [-0.2, -0.15) is 0 Å². The van der Waals surface area contributed by atoms with E-state index in [0.717, 1.165) is 47.5 Å². The van der Waals surface area contributed by atoms with Crippen molar-refractivity contribution in [3.8, 4) is 0 Å². The van der Waals surface area contributed by atoms with Crippen LogP contribution in [-0.4, -0.2) is 40.8 Å². The van der Waals surface area contributed by atoms with Crippen molar-refractivity contribution in [2.75, 3.05) is 18.8 Å². The second kappa shape index (κ2) is 7.27. The summed E-state index contributed by atoms with van der Waals surface area (Å²) in [5, 5.41) is 2.72. The van der Waals surface area contributed by atoms with Gasteiger partial charge in [-0.15, -0.1) is 0 Å². The zero-order valence-corrected chi connectivity index (χ0v) is 15.6. The third-order valence-electron chi connectivity index (χ3n) is 4.75. The number of imide groups is 1. The lowest BCUT2D eigenvalue weighted by Crippen LogP contribution is -2.45. The lowest BCUT2D eigenvalue weighted by Gasteiger charge is -2.28. The first-order chi connectivity index (χ1) is 11.5. The van der Waals surface area contributed by atoms with Crippen LogP contribution in [0.3, 0.4) is 0 Å². The van der Waals surface area contributed by atoms with Crippen LogP contribution in [0.4, 0.5) is 4.79 Å². The van der Waals surface area contributed by atoms with Crippen LogP contribution in [0, 0.1) is 0 Å². The molecule has 0 unspecified atom stereocenters. The van der Waals surface area contributed by atoms with E-state index in [9.17, 15) is 14.4 Å². The summed E-state index contributed by atoms with van der Waals surface area (Å²) in [6.07, 6.45) is 3.72. The van der Waals surface area contributed by atoms with Crippen molar-refractivity contribution < 1.29 is 14.4 Å². The maximum Gasteiger partial charge on any atom is 0.288 e. The van der Waals surface area contributed by atoms with Crippen molar-refractivity contribution in [2.24, 2.45) is 0 Å². The number of nitrogens with zero attached hydrogens (tertiary/aromatic N) is 1. The molecule has 1 saturated carbocycles. The highest BCUT2D eigenvalue weighted by molar-refractivity contribution is 9.10. The van der Waals surface area contributed by atoms with Crippen molar-refractivity contribution in [2.45, 2.75) is 31.1 Å². The van der Waals surface area contributed by atoms with Crippen LogP contribution in [0.5, 0.6) is 0 Å². The SMILES string of the molecule is O=C1CSC(=O)N1CCNC(=O)C1(c2ccc(Br)cc2)CCCC1. The van der Waals surface area contributed by atoms with Crippen molar-refractivity contribution in [1.82, 2.24) is 10.2 Å². The molecule has 1 N–H and O–H groups in total. The first kappa shape index (κ1) is 17.5. The predicted octanol–water partition coefficient (Wildman–Crippen LogP) is 3.07. The van der Waals surface area contributed by atoms with Gasteiger partial charge in [0.15, 0.2) is 0 Å². The summed E-state index contributed by atoms with van der Waals surface area (Å²) in [4.78, 5) is 37.3. The van der Waals surface area contributed by atoms with Gasteiger partial charge in [0.2, 0.25) is 11.8 Å². The first-order valence-corrected chi connectivity index (χ1v) is 9.82. The third-order valence-corrected chi connectivity index (χ3v) is 6.14. The number of halogens is 1. The molecule has 1 aromatic carbocycles. The molecule has 0 spiro atoms. The van der Waals surface area contributed by atoms with Gasteiger partial charge in [0, 0.05) is 17.6 Å². The summed E-state index contributed by atoms with van der Waals surface area (Å²) in [5.41, 5.74) is 0.540. The normalized spacial score (nSPS) is 19.8. The van der Waals surface area contributed by atoms with E-state index in [-0.39, 0.29) is 29.4 Å². The number of benzene rings is 1. The number of carbonyl (C=O) groups excluding carboxylic acids is 3. The van der Waals surface area contributed by atoms with Crippen molar-refractivity contribution in [3.05, 3.63) is 34.3 Å². The fourth-order valence-electron chi connectivity index (χ4n) is 3.44. The molecule has 1 aliphatic heterocycles. The lowest BCUT2D eigenvalue weighted by molar-refractivity contribution is -0.128. The average Bonchev–Trinajstić information content (AvgIpc) is 3.18. The number of nitrogens with one attached hydrogen (secondary N) is 1. The Morgan fingerprint density at radius 1 is 1.21 bits per heavy atom. The third kappa shape index (κ3) is 3.37. The van der Waals surface area contributed by atoms with E-state index >= 15 is 0 Å². The molecule has 1 saturated heterocycles. The van der Waals surface area contributed by atoms with E-state index in [1.807, 2.05) is 24.3 Å². The Hall–Kier alpha value is -1.34. The van der Waals surface area contributed by atoms with E-state index in [1.165, 1.54) is 4.90 Å². The van der Waals surface area contributed by atoms with Gasteiger partial charge in [-0.3, -0.25) is 19.3 Å². The Labute approximate surface area is 153 Å². The highest BCUT2D eigenvalue weighted by Gasteiger charge is 2.42. The molecule has 3 rings (SSSR count). The van der Waals surface area contributed by atoms with Crippen molar-refractivity contribution >= 4 is 44.7 Å². The number of hydrogen-bond donors (Lipinski definition) is 1. The summed E-state index contributed by atoms with van der Waals surface area (Å²) in [6, 6.07) is 7.92. The minimum absolute atomic E-state index is 0.00549. The highest BCUT2D eigenvalue weighted by Crippen LogP contribution is 2.41. The molecule has 3 amide bonds. The lowest BCUT2D eigenvalue weighted by atomic mass is 9.78. The van der Waals surface area contributed by atoms with Crippen LogP contribution in [0.25, 0.3) is 0 Å². The molecule has 24 heavy (non-hydrogen) atoms. The van der Waals surface area contributed by atoms with E-state index in [1.54, 1.807) is 0 Å². The average molecular weight is 411 g/mol. The van der Waals surface area contributed by atoms with Crippen molar-refractivity contribution in [1.29, 1.82) is 0 Å². The topological polar surface area (TPSA) is 66.5 Å². The van der Waals surface area contributed by atoms with Crippen LogP contribution < -0.4 is 5.32 Å². The summed E-state index contributed by atoms with van der Waals surface area (Å²) in [7, 11) is 0. The fraction of sp³-hybridized carbons (Fsp3) is 0.471. The molecule has 5 nitrogen and oxygen atoms in total. The number of carbonyl (C=O) groups is 3. The Morgan fingerprint density at radius 2 is 1.88 bits per heavy atom. The van der Waals surface area contributed by atoms with Crippen LogP contribution >= 0.6 is 27.7 Å².